The van der Waals surface area contributed by atoms with E-state index in [1.165, 1.54) is 58.3 Å². The molecule has 1 unspecified atom stereocenters. The van der Waals surface area contributed by atoms with Crippen LogP contribution in [0.5, 0.6) is 0 Å². The molecule has 1 atom stereocenters. The largest absolute Gasteiger partial charge is 0.381 e. The molecule has 1 saturated heterocycles. The monoisotopic (exact) mass is 266 g/mol. The maximum absolute atomic E-state index is 5.63. The molecular weight excluding hydrogens is 236 g/mol. The van der Waals surface area contributed by atoms with Gasteiger partial charge >= 0.3 is 0 Å². The zero-order valence-corrected chi connectivity index (χ0v) is 12.5. The Morgan fingerprint density at radius 2 is 1.74 bits per heavy atom. The van der Waals surface area contributed by atoms with Crippen molar-refractivity contribution in [3.63, 3.8) is 0 Å². The molecule has 0 spiro atoms. The van der Waals surface area contributed by atoms with Crippen LogP contribution in [0.25, 0.3) is 0 Å². The van der Waals surface area contributed by atoms with Crippen molar-refractivity contribution in [1.82, 2.24) is 9.80 Å². The minimum absolute atomic E-state index is 0.660. The molecule has 0 radical (unpaired) electrons. The normalized spacial score (nSPS) is 29.6. The van der Waals surface area contributed by atoms with Gasteiger partial charge in [-0.25, -0.2) is 0 Å². The fourth-order valence-corrected chi connectivity index (χ4v) is 2.97. The Morgan fingerprint density at radius 3 is 2.58 bits per heavy atom. The molecule has 0 amide bonds. The summed E-state index contributed by atoms with van der Waals surface area (Å²) >= 11 is 0. The number of ether oxygens (including phenoxy) is 1. The number of hydrogen-bond acceptors (Lipinski definition) is 3. The molecule has 0 bridgehead atoms. The first-order valence-corrected chi connectivity index (χ1v) is 8.03. The Kier molecular flexibility index (Phi) is 6.90. The first-order chi connectivity index (χ1) is 9.36. The van der Waals surface area contributed by atoms with Gasteiger partial charge in [0.05, 0.1) is 6.61 Å². The van der Waals surface area contributed by atoms with Crippen LogP contribution >= 0.6 is 0 Å². The van der Waals surface area contributed by atoms with Gasteiger partial charge in [-0.05, 0) is 26.3 Å². The molecule has 0 aromatic carbocycles. The van der Waals surface area contributed by atoms with Crippen molar-refractivity contribution in [2.75, 3.05) is 46.4 Å². The summed E-state index contributed by atoms with van der Waals surface area (Å²) in [4.78, 5) is 5.10. The molecule has 0 aromatic rings. The van der Waals surface area contributed by atoms with E-state index in [0.29, 0.717) is 6.04 Å². The fraction of sp³-hybridized carbons (Fsp3) is 0.875. The van der Waals surface area contributed by atoms with E-state index in [1.807, 2.05) is 0 Å². The van der Waals surface area contributed by atoms with E-state index in [-0.39, 0.29) is 0 Å². The van der Waals surface area contributed by atoms with E-state index in [4.69, 9.17) is 4.74 Å². The van der Waals surface area contributed by atoms with Gasteiger partial charge in [-0.1, -0.05) is 31.4 Å². The molecule has 0 saturated carbocycles. The van der Waals surface area contributed by atoms with Crippen molar-refractivity contribution in [2.24, 2.45) is 0 Å². The quantitative estimate of drug-likeness (QED) is 0.678. The summed E-state index contributed by atoms with van der Waals surface area (Å²) in [6.07, 6.45) is 12.5. The van der Waals surface area contributed by atoms with Gasteiger partial charge in [0.25, 0.3) is 0 Å². The molecule has 3 nitrogen and oxygen atoms in total. The number of nitrogens with zero attached hydrogens (tertiary/aromatic N) is 2. The minimum Gasteiger partial charge on any atom is -0.381 e. The van der Waals surface area contributed by atoms with Crippen LogP contribution in [0.2, 0.25) is 0 Å². The summed E-state index contributed by atoms with van der Waals surface area (Å²) in [5.41, 5.74) is 0. The second-order valence-corrected chi connectivity index (χ2v) is 5.94. The third-order valence-electron chi connectivity index (χ3n) is 4.33. The van der Waals surface area contributed by atoms with E-state index >= 15 is 0 Å². The van der Waals surface area contributed by atoms with Crippen molar-refractivity contribution in [2.45, 2.75) is 44.6 Å². The summed E-state index contributed by atoms with van der Waals surface area (Å²) < 4.78 is 5.63. The fourth-order valence-electron chi connectivity index (χ4n) is 2.97. The zero-order chi connectivity index (χ0) is 13.3. The van der Waals surface area contributed by atoms with Crippen LogP contribution < -0.4 is 0 Å². The van der Waals surface area contributed by atoms with Crippen LogP contribution in [0.3, 0.4) is 0 Å². The molecule has 3 heteroatoms. The molecule has 0 aromatic heterocycles. The predicted octanol–water partition coefficient (Wildman–Crippen LogP) is 2.53. The van der Waals surface area contributed by atoms with Gasteiger partial charge in [-0.2, -0.15) is 0 Å². The first-order valence-electron chi connectivity index (χ1n) is 8.03. The first kappa shape index (κ1) is 15.0. The standard InChI is InChI=1S/C16H30N2O/c1-17-10-12-18(13-11-17)16-8-4-2-3-6-14-19-15-7-5-9-16/h5,9,16H,2-4,6-8,10-15H2,1H3. The van der Waals surface area contributed by atoms with Gasteiger partial charge < -0.3 is 9.64 Å². The molecule has 2 heterocycles. The Balaban J connectivity index is 1.84. The van der Waals surface area contributed by atoms with Crippen LogP contribution in [0.1, 0.15) is 38.5 Å². The highest BCUT2D eigenvalue weighted by Crippen LogP contribution is 2.15. The summed E-state index contributed by atoms with van der Waals surface area (Å²) in [5, 5.41) is 0. The van der Waals surface area contributed by atoms with Crippen molar-refractivity contribution in [1.29, 1.82) is 0 Å². The average molecular weight is 266 g/mol. The predicted molar refractivity (Wildman–Crippen MR) is 80.5 cm³/mol. The Labute approximate surface area is 118 Å². The highest BCUT2D eigenvalue weighted by molar-refractivity contribution is 4.95. The van der Waals surface area contributed by atoms with Gasteiger partial charge in [-0.15, -0.1) is 0 Å². The van der Waals surface area contributed by atoms with Gasteiger partial charge in [0.15, 0.2) is 0 Å². The summed E-state index contributed by atoms with van der Waals surface area (Å²) in [7, 11) is 2.23. The molecule has 19 heavy (non-hydrogen) atoms. The number of piperazine rings is 1. The lowest BCUT2D eigenvalue weighted by Crippen LogP contribution is -2.48. The minimum atomic E-state index is 0.660. The topological polar surface area (TPSA) is 15.7 Å². The van der Waals surface area contributed by atoms with Gasteiger partial charge in [0.1, 0.15) is 0 Å². The lowest BCUT2D eigenvalue weighted by molar-refractivity contribution is 0.120. The molecule has 2 aliphatic rings. The molecule has 2 aliphatic heterocycles. The summed E-state index contributed by atoms with van der Waals surface area (Å²) in [6, 6.07) is 0.660. The number of rotatable bonds is 1. The smallest absolute Gasteiger partial charge is 0.0500 e. The maximum atomic E-state index is 5.63. The van der Waals surface area contributed by atoms with Gasteiger partial charge in [0, 0.05) is 38.8 Å². The van der Waals surface area contributed by atoms with E-state index in [2.05, 4.69) is 29.0 Å². The Bertz CT molecular complexity index is 259. The SMILES string of the molecule is CN1CCN(C2C=CCCOCCCCCC2)CC1. The third kappa shape index (κ3) is 5.64. The van der Waals surface area contributed by atoms with E-state index in [1.54, 1.807) is 0 Å². The summed E-state index contributed by atoms with van der Waals surface area (Å²) in [6.45, 7) is 6.73. The molecular formula is C16H30N2O. The van der Waals surface area contributed by atoms with Crippen LogP contribution in [0.15, 0.2) is 12.2 Å². The second-order valence-electron chi connectivity index (χ2n) is 5.94. The highest BCUT2D eigenvalue weighted by atomic mass is 16.5. The summed E-state index contributed by atoms with van der Waals surface area (Å²) in [5.74, 6) is 0. The molecule has 110 valence electrons. The third-order valence-corrected chi connectivity index (χ3v) is 4.33. The zero-order valence-electron chi connectivity index (χ0n) is 12.5. The lowest BCUT2D eigenvalue weighted by Gasteiger charge is -2.37. The highest BCUT2D eigenvalue weighted by Gasteiger charge is 2.20. The average Bonchev–Trinajstić information content (AvgIpc) is 2.41. The van der Waals surface area contributed by atoms with Crippen molar-refractivity contribution < 1.29 is 4.74 Å². The van der Waals surface area contributed by atoms with Crippen LogP contribution in [0, 0.1) is 0 Å². The lowest BCUT2D eigenvalue weighted by atomic mass is 10.0. The van der Waals surface area contributed by atoms with Crippen molar-refractivity contribution in [3.05, 3.63) is 12.2 Å². The number of hydrogen-bond donors (Lipinski definition) is 0. The van der Waals surface area contributed by atoms with Crippen molar-refractivity contribution >= 4 is 0 Å². The molecule has 0 N–H and O–H groups in total. The van der Waals surface area contributed by atoms with E-state index < -0.39 is 0 Å². The second kappa shape index (κ2) is 8.72. The molecule has 0 aliphatic carbocycles. The van der Waals surface area contributed by atoms with Gasteiger partial charge in [-0.3, -0.25) is 4.90 Å². The Morgan fingerprint density at radius 1 is 0.947 bits per heavy atom. The molecule has 2 rings (SSSR count). The van der Waals surface area contributed by atoms with E-state index in [9.17, 15) is 0 Å². The van der Waals surface area contributed by atoms with Crippen LogP contribution in [-0.2, 0) is 4.74 Å². The molecule has 1 fully saturated rings. The van der Waals surface area contributed by atoms with Crippen molar-refractivity contribution in [3.8, 4) is 0 Å². The van der Waals surface area contributed by atoms with Crippen LogP contribution in [-0.4, -0.2) is 62.3 Å². The van der Waals surface area contributed by atoms with Crippen LogP contribution in [0.4, 0.5) is 0 Å². The number of likely N-dealkylation sites (N-methyl/N-ethyl adjacent to an activating group) is 1. The Hall–Kier alpha value is -0.380. The van der Waals surface area contributed by atoms with E-state index in [0.717, 1.165) is 19.6 Å². The van der Waals surface area contributed by atoms with Gasteiger partial charge in [0.2, 0.25) is 0 Å². The maximum Gasteiger partial charge on any atom is 0.0500 e.